The lowest BCUT2D eigenvalue weighted by molar-refractivity contribution is -0.145. The molecule has 1 saturated heterocycles. The van der Waals surface area contributed by atoms with Crippen molar-refractivity contribution in [2.75, 3.05) is 6.54 Å². The Hall–Kier alpha value is -3.52. The number of likely N-dealkylation sites (tertiary alicyclic amines) is 1. The van der Waals surface area contributed by atoms with Gasteiger partial charge in [0.25, 0.3) is 0 Å². The topological polar surface area (TPSA) is 228 Å². The van der Waals surface area contributed by atoms with Crippen molar-refractivity contribution < 1.29 is 39.3 Å². The molecule has 188 valence electrons. The molecule has 34 heavy (non-hydrogen) atoms. The number of amides is 3. The molecule has 0 aliphatic carbocycles. The molecule has 5 atom stereocenters. The maximum Gasteiger partial charge on any atom is 0.328 e. The molecule has 0 radical (unpaired) electrons. The van der Waals surface area contributed by atoms with Crippen LogP contribution < -0.4 is 16.4 Å². The van der Waals surface area contributed by atoms with E-state index in [4.69, 9.17) is 10.8 Å². The van der Waals surface area contributed by atoms with Crippen LogP contribution in [0.15, 0.2) is 12.5 Å². The van der Waals surface area contributed by atoms with E-state index in [1.165, 1.54) is 24.3 Å². The molecule has 2 heterocycles. The molecule has 0 spiro atoms. The Bertz CT molecular complexity index is 890. The van der Waals surface area contributed by atoms with Gasteiger partial charge in [0.1, 0.15) is 12.1 Å². The molecule has 1 aliphatic rings. The summed E-state index contributed by atoms with van der Waals surface area (Å²) in [7, 11) is 0. The van der Waals surface area contributed by atoms with Crippen LogP contribution in [0.1, 0.15) is 38.3 Å². The van der Waals surface area contributed by atoms with Crippen molar-refractivity contribution in [3.63, 3.8) is 0 Å². The average molecular weight is 482 g/mol. The van der Waals surface area contributed by atoms with Crippen LogP contribution >= 0.6 is 0 Å². The molecule has 1 aromatic heterocycles. The number of carbonyl (C=O) groups is 5. The molecule has 1 aliphatic heterocycles. The highest BCUT2D eigenvalue weighted by molar-refractivity contribution is 5.94. The SMILES string of the molecule is CC(O)C(NC(=O)C(Cc1cnc[nH]1)NC(=O)C1CCCN1C(=O)C(N)CCC(=O)O)C(=O)O. The Morgan fingerprint density at radius 3 is 2.53 bits per heavy atom. The van der Waals surface area contributed by atoms with Gasteiger partial charge in [0.2, 0.25) is 17.7 Å². The number of rotatable bonds is 12. The minimum Gasteiger partial charge on any atom is -0.481 e. The molecular weight excluding hydrogens is 452 g/mol. The molecule has 5 unspecified atom stereocenters. The van der Waals surface area contributed by atoms with Crippen LogP contribution in [0.2, 0.25) is 0 Å². The van der Waals surface area contributed by atoms with Gasteiger partial charge in [-0.05, 0) is 26.2 Å². The second-order valence-corrected chi connectivity index (χ2v) is 8.14. The van der Waals surface area contributed by atoms with Gasteiger partial charge in [-0.1, -0.05) is 0 Å². The van der Waals surface area contributed by atoms with E-state index in [0.717, 1.165) is 0 Å². The molecule has 0 aromatic carbocycles. The highest BCUT2D eigenvalue weighted by atomic mass is 16.4. The fourth-order valence-electron chi connectivity index (χ4n) is 3.65. The molecule has 0 bridgehead atoms. The van der Waals surface area contributed by atoms with Gasteiger partial charge in [-0.3, -0.25) is 19.2 Å². The summed E-state index contributed by atoms with van der Waals surface area (Å²) in [5.41, 5.74) is 6.30. The summed E-state index contributed by atoms with van der Waals surface area (Å²) < 4.78 is 0. The Morgan fingerprint density at radius 1 is 1.26 bits per heavy atom. The Balaban J connectivity index is 2.13. The van der Waals surface area contributed by atoms with Gasteiger partial charge < -0.3 is 41.6 Å². The van der Waals surface area contributed by atoms with Gasteiger partial charge in [-0.25, -0.2) is 9.78 Å². The number of H-pyrrole nitrogens is 1. The normalized spacial score (nSPS) is 19.0. The third-order valence-electron chi connectivity index (χ3n) is 5.48. The number of aliphatic hydroxyl groups is 1. The van der Waals surface area contributed by atoms with Gasteiger partial charge in [0, 0.05) is 31.3 Å². The molecule has 14 heteroatoms. The maximum absolute atomic E-state index is 13.0. The second-order valence-electron chi connectivity index (χ2n) is 8.14. The Labute approximate surface area is 194 Å². The monoisotopic (exact) mass is 482 g/mol. The van der Waals surface area contributed by atoms with Crippen LogP contribution in [0, 0.1) is 0 Å². The largest absolute Gasteiger partial charge is 0.481 e. The molecule has 1 fully saturated rings. The average Bonchev–Trinajstić information content (AvgIpc) is 3.46. The number of aromatic nitrogens is 2. The van der Waals surface area contributed by atoms with E-state index < -0.39 is 59.9 Å². The lowest BCUT2D eigenvalue weighted by atomic mass is 10.1. The first-order valence-electron chi connectivity index (χ1n) is 10.8. The van der Waals surface area contributed by atoms with Crippen LogP contribution in [0.25, 0.3) is 0 Å². The van der Waals surface area contributed by atoms with Gasteiger partial charge in [0.15, 0.2) is 6.04 Å². The number of carboxylic acids is 2. The van der Waals surface area contributed by atoms with Gasteiger partial charge >= 0.3 is 11.9 Å². The Kier molecular flexibility index (Phi) is 9.50. The number of nitrogens with two attached hydrogens (primary N) is 1. The number of nitrogens with zero attached hydrogens (tertiary/aromatic N) is 2. The van der Waals surface area contributed by atoms with Crippen LogP contribution in [0.3, 0.4) is 0 Å². The van der Waals surface area contributed by atoms with E-state index in [9.17, 15) is 34.2 Å². The predicted molar refractivity (Wildman–Crippen MR) is 115 cm³/mol. The van der Waals surface area contributed by atoms with Crippen LogP contribution in [0.4, 0.5) is 0 Å². The minimum atomic E-state index is -1.59. The summed E-state index contributed by atoms with van der Waals surface area (Å²) in [6, 6.07) is -4.83. The molecule has 14 nitrogen and oxygen atoms in total. The summed E-state index contributed by atoms with van der Waals surface area (Å²) in [6.45, 7) is 1.45. The molecule has 3 amide bonds. The molecular formula is C20H30N6O8. The number of aliphatic carboxylic acids is 2. The predicted octanol–water partition coefficient (Wildman–Crippen LogP) is -2.43. The summed E-state index contributed by atoms with van der Waals surface area (Å²) in [5, 5.41) is 32.5. The number of hydrogen-bond acceptors (Lipinski definition) is 8. The summed E-state index contributed by atoms with van der Waals surface area (Å²) in [4.78, 5) is 68.6. The molecule has 8 N–H and O–H groups in total. The summed E-state index contributed by atoms with van der Waals surface area (Å²) >= 11 is 0. The molecule has 0 saturated carbocycles. The minimum absolute atomic E-state index is 0.0531. The Morgan fingerprint density at radius 2 is 1.97 bits per heavy atom. The van der Waals surface area contributed by atoms with Crippen molar-refractivity contribution in [3.05, 3.63) is 18.2 Å². The van der Waals surface area contributed by atoms with Crippen LogP contribution in [-0.2, 0) is 30.4 Å². The zero-order valence-electron chi connectivity index (χ0n) is 18.6. The molecule has 1 aromatic rings. The van der Waals surface area contributed by atoms with Gasteiger partial charge in [-0.15, -0.1) is 0 Å². The first kappa shape index (κ1) is 26.7. The highest BCUT2D eigenvalue weighted by Crippen LogP contribution is 2.19. The number of carboxylic acid groups (broad SMARTS) is 2. The number of aromatic amines is 1. The van der Waals surface area contributed by atoms with E-state index in [0.29, 0.717) is 18.5 Å². The lowest BCUT2D eigenvalue weighted by Crippen LogP contribution is -2.58. The zero-order chi connectivity index (χ0) is 25.4. The highest BCUT2D eigenvalue weighted by Gasteiger charge is 2.38. The standard InChI is InChI=1S/C20H30N6O8/c1-10(27)16(20(33)34)25-17(30)13(7-11-8-22-9-23-11)24-18(31)14-3-2-6-26(14)19(32)12(21)4-5-15(28)29/h8-10,12-14,16,27H,2-7,21H2,1H3,(H,22,23)(H,24,31)(H,25,30)(H,28,29)(H,33,34). The third kappa shape index (κ3) is 7.25. The second kappa shape index (κ2) is 12.1. The number of imidazole rings is 1. The van der Waals surface area contributed by atoms with Crippen molar-refractivity contribution in [2.45, 2.75) is 69.3 Å². The fraction of sp³-hybridized carbons (Fsp3) is 0.600. The first-order chi connectivity index (χ1) is 16.0. The number of aliphatic hydroxyl groups excluding tert-OH is 1. The molecule has 2 rings (SSSR count). The van der Waals surface area contributed by atoms with Crippen molar-refractivity contribution in [2.24, 2.45) is 5.73 Å². The maximum atomic E-state index is 13.0. The van der Waals surface area contributed by atoms with E-state index >= 15 is 0 Å². The number of nitrogens with one attached hydrogen (secondary N) is 3. The quantitative estimate of drug-likeness (QED) is 0.166. The van der Waals surface area contributed by atoms with Crippen molar-refractivity contribution in [1.82, 2.24) is 25.5 Å². The number of hydrogen-bond donors (Lipinski definition) is 7. The van der Waals surface area contributed by atoms with E-state index in [1.807, 2.05) is 0 Å². The number of carbonyl (C=O) groups excluding carboxylic acids is 3. The third-order valence-corrected chi connectivity index (χ3v) is 5.48. The summed E-state index contributed by atoms with van der Waals surface area (Å²) in [6.07, 6.45) is 1.81. The summed E-state index contributed by atoms with van der Waals surface area (Å²) in [5.74, 6) is -4.58. The smallest absolute Gasteiger partial charge is 0.328 e. The van der Waals surface area contributed by atoms with Crippen molar-refractivity contribution in [3.8, 4) is 0 Å². The van der Waals surface area contributed by atoms with Crippen molar-refractivity contribution in [1.29, 1.82) is 0 Å². The lowest BCUT2D eigenvalue weighted by Gasteiger charge is -2.28. The zero-order valence-corrected chi connectivity index (χ0v) is 18.6. The van der Waals surface area contributed by atoms with Crippen LogP contribution in [-0.4, -0.2) is 96.7 Å². The van der Waals surface area contributed by atoms with E-state index in [2.05, 4.69) is 20.6 Å². The van der Waals surface area contributed by atoms with E-state index in [1.54, 1.807) is 0 Å². The van der Waals surface area contributed by atoms with Crippen molar-refractivity contribution >= 4 is 29.7 Å². The first-order valence-corrected chi connectivity index (χ1v) is 10.8. The van der Waals surface area contributed by atoms with Crippen LogP contribution in [0.5, 0.6) is 0 Å². The van der Waals surface area contributed by atoms with Gasteiger partial charge in [0.05, 0.1) is 18.5 Å². The van der Waals surface area contributed by atoms with Gasteiger partial charge in [-0.2, -0.15) is 0 Å². The van der Waals surface area contributed by atoms with E-state index in [-0.39, 0.29) is 25.8 Å². The fourth-order valence-corrected chi connectivity index (χ4v) is 3.65.